The first-order valence-corrected chi connectivity index (χ1v) is 17.3. The van der Waals surface area contributed by atoms with Crippen LogP contribution in [0.4, 0.5) is 0 Å². The van der Waals surface area contributed by atoms with Crippen LogP contribution < -0.4 is 34.9 Å². The van der Waals surface area contributed by atoms with Crippen molar-refractivity contribution in [2.45, 2.75) is 13.3 Å². The van der Waals surface area contributed by atoms with Crippen LogP contribution in [0.2, 0.25) is 0 Å². The zero-order valence-corrected chi connectivity index (χ0v) is 30.3. The quantitative estimate of drug-likeness (QED) is 0.0946. The lowest BCUT2D eigenvalue weighted by Gasteiger charge is -2.20. The summed E-state index contributed by atoms with van der Waals surface area (Å²) in [5.74, 6) is 1.71. The van der Waals surface area contributed by atoms with Crippen LogP contribution in [-0.2, 0) is 11.2 Å². The molecule has 0 amide bonds. The summed E-state index contributed by atoms with van der Waals surface area (Å²) in [4.78, 5) is 19.0. The number of pyridine rings is 1. The number of ether oxygens (including phenoxy) is 5. The topological polar surface area (TPSA) is 76.1 Å². The fourth-order valence-electron chi connectivity index (χ4n) is 6.04. The lowest BCUT2D eigenvalue weighted by atomic mass is 9.91. The maximum Gasteiger partial charge on any atom is 0.340 e. The molecule has 0 aliphatic heterocycles. The Hall–Kier alpha value is -5.10. The van der Waals surface area contributed by atoms with Crippen molar-refractivity contribution in [3.05, 3.63) is 132 Å². The van der Waals surface area contributed by atoms with E-state index in [9.17, 15) is 4.79 Å². The minimum Gasteiger partial charge on any atom is -0.493 e. The number of halogens is 1. The molecule has 1 heterocycles. The fraction of sp³-hybridized carbons (Fsp3) is 0.171. The van der Waals surface area contributed by atoms with Crippen LogP contribution in [-0.4, -0.2) is 46.0 Å². The summed E-state index contributed by atoms with van der Waals surface area (Å²) in [5.41, 5.74) is 4.04. The molecular formula is C41H39ClNO6P. The van der Waals surface area contributed by atoms with E-state index in [0.717, 1.165) is 11.1 Å². The number of benzene rings is 5. The van der Waals surface area contributed by atoms with Gasteiger partial charge in [-0.15, -0.1) is 12.4 Å². The van der Waals surface area contributed by atoms with Crippen molar-refractivity contribution in [2.75, 3.05) is 35.0 Å². The number of rotatable bonds is 12. The first kappa shape index (κ1) is 36.2. The van der Waals surface area contributed by atoms with E-state index in [1.54, 1.807) is 35.4 Å². The molecule has 256 valence electrons. The predicted octanol–water partition coefficient (Wildman–Crippen LogP) is 7.88. The Balaban J connectivity index is 0.00000486. The third-order valence-electron chi connectivity index (χ3n) is 8.31. The van der Waals surface area contributed by atoms with E-state index in [0.29, 0.717) is 57.1 Å². The van der Waals surface area contributed by atoms with Crippen molar-refractivity contribution in [3.8, 4) is 34.1 Å². The Morgan fingerprint density at radius 2 is 1.18 bits per heavy atom. The lowest BCUT2D eigenvalue weighted by molar-refractivity contribution is 0.0525. The highest BCUT2D eigenvalue weighted by Gasteiger charge is 2.26. The molecule has 0 radical (unpaired) electrons. The van der Waals surface area contributed by atoms with Gasteiger partial charge < -0.3 is 23.7 Å². The fourth-order valence-corrected chi connectivity index (χ4v) is 8.32. The smallest absolute Gasteiger partial charge is 0.340 e. The normalized spacial score (nSPS) is 10.8. The molecule has 9 heteroatoms. The Morgan fingerprint density at radius 1 is 0.640 bits per heavy atom. The number of hydrogen-bond donors (Lipinski definition) is 0. The first-order valence-electron chi connectivity index (χ1n) is 16.0. The van der Waals surface area contributed by atoms with E-state index in [4.69, 9.17) is 28.7 Å². The number of nitrogens with zero attached hydrogens (tertiary/aromatic N) is 1. The monoisotopic (exact) mass is 707 g/mol. The highest BCUT2D eigenvalue weighted by Crippen LogP contribution is 2.42. The Morgan fingerprint density at radius 3 is 1.74 bits per heavy atom. The molecule has 6 aromatic rings. The van der Waals surface area contributed by atoms with E-state index in [-0.39, 0.29) is 19.0 Å². The summed E-state index contributed by atoms with van der Waals surface area (Å²) in [7, 11) is 5.59. The van der Waals surface area contributed by atoms with Gasteiger partial charge in [0.1, 0.15) is 0 Å². The Bertz CT molecular complexity index is 2030. The van der Waals surface area contributed by atoms with Crippen molar-refractivity contribution in [3.63, 3.8) is 0 Å². The number of carbonyl (C=O) groups is 1. The molecule has 0 bridgehead atoms. The molecule has 0 atom stereocenters. The summed E-state index contributed by atoms with van der Waals surface area (Å²) in [5, 5.41) is 4.50. The maximum atomic E-state index is 13.9. The molecule has 6 rings (SSSR count). The number of methoxy groups -OCH3 is 4. The summed E-state index contributed by atoms with van der Waals surface area (Å²) >= 11 is 0. The van der Waals surface area contributed by atoms with Gasteiger partial charge in [0.05, 0.1) is 51.8 Å². The van der Waals surface area contributed by atoms with E-state index in [2.05, 4.69) is 72.8 Å². The van der Waals surface area contributed by atoms with Crippen molar-refractivity contribution in [1.29, 1.82) is 0 Å². The third-order valence-corrected chi connectivity index (χ3v) is 10.8. The molecule has 0 saturated heterocycles. The molecule has 5 aromatic carbocycles. The zero-order valence-electron chi connectivity index (χ0n) is 28.6. The molecule has 0 aliphatic carbocycles. The molecule has 1 aromatic heterocycles. The SMILES string of the molecule is CCOC(=O)c1c(Cc2ccc(P(c3ccccc3)c3ccccc3)cc2)nc2cc(OC)c(OC)cc2c1-c1ccc(OC)c(OC)c1.Cl. The van der Waals surface area contributed by atoms with E-state index >= 15 is 0 Å². The van der Waals surface area contributed by atoms with Gasteiger partial charge in [-0.05, 0) is 60.1 Å². The number of aromatic nitrogens is 1. The van der Waals surface area contributed by atoms with Crippen LogP contribution >= 0.6 is 20.3 Å². The second-order valence-corrected chi connectivity index (χ2v) is 13.4. The molecule has 50 heavy (non-hydrogen) atoms. The van der Waals surface area contributed by atoms with Gasteiger partial charge >= 0.3 is 5.97 Å². The van der Waals surface area contributed by atoms with E-state index in [1.807, 2.05) is 42.5 Å². The van der Waals surface area contributed by atoms with Gasteiger partial charge in [0.25, 0.3) is 0 Å². The van der Waals surface area contributed by atoms with Crippen molar-refractivity contribution in [2.24, 2.45) is 0 Å². The Kier molecular flexibility index (Phi) is 12.0. The third kappa shape index (κ3) is 7.40. The van der Waals surface area contributed by atoms with Gasteiger partial charge in [0.2, 0.25) is 0 Å². The average molecular weight is 708 g/mol. The summed E-state index contributed by atoms with van der Waals surface area (Å²) in [6.07, 6.45) is 0.396. The predicted molar refractivity (Wildman–Crippen MR) is 205 cm³/mol. The maximum absolute atomic E-state index is 13.9. The number of fused-ring (bicyclic) bond motifs is 1. The zero-order chi connectivity index (χ0) is 34.3. The largest absolute Gasteiger partial charge is 0.493 e. The minimum atomic E-state index is -0.755. The molecule has 7 nitrogen and oxygen atoms in total. The number of carbonyl (C=O) groups excluding carboxylic acids is 1. The standard InChI is InChI=1S/C41H38NO6P.ClH/c1-6-48-41(43)40-34(23-27-17-20-31(21-18-27)49(29-13-9-7-10-14-29)30-15-11-8-12-16-30)42-33-26-38(47-5)37(46-4)25-32(33)39(40)28-19-22-35(44-2)36(24-28)45-3;/h7-22,24-26H,6,23H2,1-5H3;1H. The van der Waals surface area contributed by atoms with Crippen molar-refractivity contribution < 1.29 is 28.5 Å². The second-order valence-electron chi connectivity index (χ2n) is 11.2. The average Bonchev–Trinajstić information content (AvgIpc) is 3.15. The molecule has 0 N–H and O–H groups in total. The lowest BCUT2D eigenvalue weighted by Crippen LogP contribution is -2.20. The molecule has 0 saturated carbocycles. The van der Waals surface area contributed by atoms with Crippen molar-refractivity contribution >= 4 is 53.1 Å². The summed E-state index contributed by atoms with van der Waals surface area (Å²) in [6, 6.07) is 39.1. The van der Waals surface area contributed by atoms with Crippen LogP contribution in [0, 0.1) is 0 Å². The number of hydrogen-bond acceptors (Lipinski definition) is 7. The van der Waals surface area contributed by atoms with Crippen LogP contribution in [0.25, 0.3) is 22.0 Å². The van der Waals surface area contributed by atoms with Crippen LogP contribution in [0.1, 0.15) is 28.5 Å². The Labute approximate surface area is 300 Å². The van der Waals surface area contributed by atoms with E-state index < -0.39 is 13.9 Å². The second kappa shape index (κ2) is 16.5. The number of esters is 1. The minimum absolute atomic E-state index is 0. The molecular weight excluding hydrogens is 669 g/mol. The summed E-state index contributed by atoms with van der Waals surface area (Å²) < 4.78 is 28.2. The van der Waals surface area contributed by atoms with Gasteiger partial charge in [-0.2, -0.15) is 0 Å². The molecule has 0 unspecified atom stereocenters. The molecule has 0 spiro atoms. The van der Waals surface area contributed by atoms with Gasteiger partial charge in [-0.25, -0.2) is 4.79 Å². The van der Waals surface area contributed by atoms with E-state index in [1.165, 1.54) is 15.9 Å². The highest BCUT2D eigenvalue weighted by molar-refractivity contribution is 7.79. The first-order chi connectivity index (χ1) is 24.0. The van der Waals surface area contributed by atoms with Crippen LogP contribution in [0.5, 0.6) is 23.0 Å². The molecule has 0 aliphatic rings. The highest BCUT2D eigenvalue weighted by atomic mass is 35.5. The van der Waals surface area contributed by atoms with Crippen LogP contribution in [0.3, 0.4) is 0 Å². The van der Waals surface area contributed by atoms with Crippen LogP contribution in [0.15, 0.2) is 115 Å². The van der Waals surface area contributed by atoms with Crippen molar-refractivity contribution in [1.82, 2.24) is 4.98 Å². The van der Waals surface area contributed by atoms with Gasteiger partial charge in [-0.3, -0.25) is 4.98 Å². The van der Waals surface area contributed by atoms with Gasteiger partial charge in [0, 0.05) is 23.4 Å². The molecule has 0 fully saturated rings. The van der Waals surface area contributed by atoms with Gasteiger partial charge in [-0.1, -0.05) is 91.0 Å². The van der Waals surface area contributed by atoms with Gasteiger partial charge in [0.15, 0.2) is 23.0 Å². The summed E-state index contributed by atoms with van der Waals surface area (Å²) in [6.45, 7) is 2.01.